The molecule has 1 saturated heterocycles. The highest BCUT2D eigenvalue weighted by Crippen LogP contribution is 2.46. The van der Waals surface area contributed by atoms with Crippen LogP contribution in [0.3, 0.4) is 0 Å². The Kier molecular flexibility index (Phi) is 7.41. The second kappa shape index (κ2) is 9.16. The number of rotatable bonds is 9. The molecule has 27 heavy (non-hydrogen) atoms. The molecule has 1 aromatic carbocycles. The molecule has 0 N–H and O–H groups in total. The van der Waals surface area contributed by atoms with Gasteiger partial charge in [0.1, 0.15) is 16.9 Å². The van der Waals surface area contributed by atoms with Crippen molar-refractivity contribution >= 4 is 27.7 Å². The normalized spacial score (nSPS) is 20.4. The van der Waals surface area contributed by atoms with Gasteiger partial charge in [0.15, 0.2) is 0 Å². The third kappa shape index (κ3) is 4.89. The number of hydrogen-bond acceptors (Lipinski definition) is 6. The van der Waals surface area contributed by atoms with Crippen LogP contribution >= 0.6 is 11.8 Å². The van der Waals surface area contributed by atoms with E-state index in [1.54, 1.807) is 26.2 Å². The van der Waals surface area contributed by atoms with Crippen LogP contribution in [0.4, 0.5) is 0 Å². The molecule has 9 heteroatoms. The third-order valence-electron chi connectivity index (χ3n) is 4.54. The zero-order valence-electron chi connectivity index (χ0n) is 16.5. The SMILES string of the molecule is CCCS(=O)(=O)N(C)CCN1C(=O)[C@@H](C)S[C@H]1c1cc(OC)ccc1OC. The van der Waals surface area contributed by atoms with Crippen molar-refractivity contribution in [1.29, 1.82) is 0 Å². The number of likely N-dealkylation sites (N-methyl/N-ethyl adjacent to an activating group) is 1. The van der Waals surface area contributed by atoms with Crippen molar-refractivity contribution in [3.05, 3.63) is 23.8 Å². The van der Waals surface area contributed by atoms with Gasteiger partial charge in [0.05, 0.1) is 25.2 Å². The lowest BCUT2D eigenvalue weighted by Gasteiger charge is -2.27. The van der Waals surface area contributed by atoms with Gasteiger partial charge in [0.25, 0.3) is 0 Å². The van der Waals surface area contributed by atoms with Crippen LogP contribution in [0.5, 0.6) is 11.5 Å². The summed E-state index contributed by atoms with van der Waals surface area (Å²) in [5, 5.41) is -0.455. The number of hydrogen-bond donors (Lipinski definition) is 0. The average molecular weight is 417 g/mol. The van der Waals surface area contributed by atoms with E-state index in [1.807, 2.05) is 32.0 Å². The molecule has 1 amide bonds. The molecule has 0 aromatic heterocycles. The van der Waals surface area contributed by atoms with Crippen molar-refractivity contribution < 1.29 is 22.7 Å². The molecule has 7 nitrogen and oxygen atoms in total. The summed E-state index contributed by atoms with van der Waals surface area (Å²) in [4.78, 5) is 14.4. The van der Waals surface area contributed by atoms with Crippen molar-refractivity contribution in [3.8, 4) is 11.5 Å². The van der Waals surface area contributed by atoms with Crippen LogP contribution in [-0.2, 0) is 14.8 Å². The second-order valence-electron chi connectivity index (χ2n) is 6.41. The molecule has 1 aliphatic rings. The van der Waals surface area contributed by atoms with Crippen LogP contribution in [-0.4, -0.2) is 68.9 Å². The number of carbonyl (C=O) groups excluding carboxylic acids is 1. The van der Waals surface area contributed by atoms with Gasteiger partial charge in [-0.3, -0.25) is 4.79 Å². The van der Waals surface area contributed by atoms with E-state index in [9.17, 15) is 13.2 Å². The maximum atomic E-state index is 12.7. The van der Waals surface area contributed by atoms with Crippen LogP contribution in [0.1, 0.15) is 31.2 Å². The van der Waals surface area contributed by atoms with E-state index in [4.69, 9.17) is 9.47 Å². The predicted molar refractivity (Wildman–Crippen MR) is 108 cm³/mol. The Bertz CT molecular complexity index is 769. The Morgan fingerprint density at radius 3 is 2.56 bits per heavy atom. The zero-order chi connectivity index (χ0) is 20.2. The van der Waals surface area contributed by atoms with Crippen molar-refractivity contribution in [3.63, 3.8) is 0 Å². The molecule has 1 heterocycles. The fourth-order valence-corrected chi connectivity index (χ4v) is 5.49. The Hall–Kier alpha value is -1.45. The van der Waals surface area contributed by atoms with Crippen LogP contribution in [0.2, 0.25) is 0 Å². The maximum Gasteiger partial charge on any atom is 0.236 e. The molecule has 1 aromatic rings. The monoisotopic (exact) mass is 416 g/mol. The summed E-state index contributed by atoms with van der Waals surface area (Å²) in [6, 6.07) is 5.49. The number of benzene rings is 1. The second-order valence-corrected chi connectivity index (χ2v) is 10.0. The van der Waals surface area contributed by atoms with Gasteiger partial charge in [0, 0.05) is 25.7 Å². The highest BCUT2D eigenvalue weighted by Gasteiger charge is 2.40. The molecule has 152 valence electrons. The van der Waals surface area contributed by atoms with E-state index in [0.29, 0.717) is 24.5 Å². The van der Waals surface area contributed by atoms with Crippen molar-refractivity contribution in [1.82, 2.24) is 9.21 Å². The molecule has 2 rings (SSSR count). The lowest BCUT2D eigenvalue weighted by atomic mass is 10.1. The number of carbonyl (C=O) groups is 1. The minimum Gasteiger partial charge on any atom is -0.497 e. The molecule has 0 aliphatic carbocycles. The Morgan fingerprint density at radius 1 is 1.26 bits per heavy atom. The summed E-state index contributed by atoms with van der Waals surface area (Å²) in [5.74, 6) is 1.46. The molecule has 0 saturated carbocycles. The van der Waals surface area contributed by atoms with Gasteiger partial charge >= 0.3 is 0 Å². The average Bonchev–Trinajstić information content (AvgIpc) is 2.93. The molecule has 1 aliphatic heterocycles. The van der Waals surface area contributed by atoms with E-state index in [2.05, 4.69) is 0 Å². The predicted octanol–water partition coefficient (Wildman–Crippen LogP) is 2.34. The molecular formula is C18H28N2O5S2. The van der Waals surface area contributed by atoms with Crippen LogP contribution in [0.25, 0.3) is 0 Å². The number of sulfonamides is 1. The Balaban J connectivity index is 2.25. The van der Waals surface area contributed by atoms with E-state index in [-0.39, 0.29) is 28.8 Å². The highest BCUT2D eigenvalue weighted by atomic mass is 32.2. The first-order valence-electron chi connectivity index (χ1n) is 8.87. The number of thioether (sulfide) groups is 1. The van der Waals surface area contributed by atoms with Gasteiger partial charge in [0.2, 0.25) is 15.9 Å². The van der Waals surface area contributed by atoms with Crippen molar-refractivity contribution in [2.45, 2.75) is 30.9 Å². The molecule has 2 atom stereocenters. The highest BCUT2D eigenvalue weighted by molar-refractivity contribution is 8.01. The summed E-state index contributed by atoms with van der Waals surface area (Å²) >= 11 is 1.53. The van der Waals surface area contributed by atoms with Gasteiger partial charge in [-0.2, -0.15) is 0 Å². The van der Waals surface area contributed by atoms with Crippen LogP contribution in [0, 0.1) is 0 Å². The van der Waals surface area contributed by atoms with Gasteiger partial charge in [-0.15, -0.1) is 11.8 Å². The third-order valence-corrected chi connectivity index (χ3v) is 7.98. The van der Waals surface area contributed by atoms with E-state index in [0.717, 1.165) is 5.56 Å². The number of ether oxygens (including phenoxy) is 2. The standard InChI is InChI=1S/C18H28N2O5S2/c1-6-11-27(22,23)19(3)9-10-20-17(21)13(2)26-18(20)15-12-14(24-4)7-8-16(15)25-5/h7-8,12-13,18H,6,9-11H2,1-5H3/t13-,18+/m1/s1. The molecular weight excluding hydrogens is 388 g/mol. The van der Waals surface area contributed by atoms with Gasteiger partial charge in [-0.05, 0) is 31.5 Å². The first kappa shape index (κ1) is 21.8. The first-order chi connectivity index (χ1) is 12.7. The molecule has 0 bridgehead atoms. The summed E-state index contributed by atoms with van der Waals surface area (Å²) in [6.07, 6.45) is 0.561. The zero-order valence-corrected chi connectivity index (χ0v) is 18.1. The molecule has 1 fully saturated rings. The fourth-order valence-electron chi connectivity index (χ4n) is 2.98. The maximum absolute atomic E-state index is 12.7. The summed E-state index contributed by atoms with van der Waals surface area (Å²) in [7, 11) is 1.44. The van der Waals surface area contributed by atoms with Crippen LogP contribution < -0.4 is 9.47 Å². The summed E-state index contributed by atoms with van der Waals surface area (Å²) in [5.41, 5.74) is 0.846. The number of methoxy groups -OCH3 is 2. The molecule has 0 spiro atoms. The van der Waals surface area contributed by atoms with Crippen LogP contribution in [0.15, 0.2) is 18.2 Å². The summed E-state index contributed by atoms with van der Waals surface area (Å²) in [6.45, 7) is 4.27. The minimum absolute atomic E-state index is 0.00355. The van der Waals surface area contributed by atoms with Crippen molar-refractivity contribution in [2.75, 3.05) is 40.1 Å². The fraction of sp³-hybridized carbons (Fsp3) is 0.611. The van der Waals surface area contributed by atoms with Gasteiger partial charge in [-0.25, -0.2) is 12.7 Å². The lowest BCUT2D eigenvalue weighted by molar-refractivity contribution is -0.129. The smallest absolute Gasteiger partial charge is 0.236 e. The number of nitrogens with zero attached hydrogens (tertiary/aromatic N) is 2. The Labute approximate surface area is 166 Å². The summed E-state index contributed by atoms with van der Waals surface area (Å²) < 4.78 is 36.5. The first-order valence-corrected chi connectivity index (χ1v) is 11.4. The topological polar surface area (TPSA) is 76.2 Å². The quantitative estimate of drug-likeness (QED) is 0.615. The van der Waals surface area contributed by atoms with Gasteiger partial charge < -0.3 is 14.4 Å². The largest absolute Gasteiger partial charge is 0.497 e. The molecule has 0 unspecified atom stereocenters. The lowest BCUT2D eigenvalue weighted by Crippen LogP contribution is -2.39. The van der Waals surface area contributed by atoms with Gasteiger partial charge in [-0.1, -0.05) is 6.92 Å². The van der Waals surface area contributed by atoms with E-state index >= 15 is 0 Å². The van der Waals surface area contributed by atoms with E-state index < -0.39 is 10.0 Å². The number of amides is 1. The minimum atomic E-state index is -3.29. The van der Waals surface area contributed by atoms with Crippen molar-refractivity contribution in [2.24, 2.45) is 0 Å². The molecule has 0 radical (unpaired) electrons. The van der Waals surface area contributed by atoms with E-state index in [1.165, 1.54) is 16.1 Å². The Morgan fingerprint density at radius 2 is 1.96 bits per heavy atom.